The number of nitrogens with one attached hydrogen (secondary N) is 1. The van der Waals surface area contributed by atoms with Crippen molar-refractivity contribution in [2.24, 2.45) is 5.41 Å². The molecule has 0 saturated carbocycles. The fourth-order valence-corrected chi connectivity index (χ4v) is 3.40. The summed E-state index contributed by atoms with van der Waals surface area (Å²) in [5.41, 5.74) is 0.149. The van der Waals surface area contributed by atoms with Gasteiger partial charge in [-0.1, -0.05) is 32.9 Å². The molecule has 0 aliphatic carbocycles. The molecule has 2 aromatic heterocycles. The minimum atomic E-state index is 0.149. The molecule has 4 nitrogen and oxygen atoms in total. The van der Waals surface area contributed by atoms with Gasteiger partial charge in [-0.15, -0.1) is 11.3 Å². The lowest BCUT2D eigenvalue weighted by molar-refractivity contribution is 0.244. The molecule has 0 radical (unpaired) electrons. The van der Waals surface area contributed by atoms with Crippen molar-refractivity contribution in [1.82, 2.24) is 15.5 Å². The maximum absolute atomic E-state index is 5.42. The predicted molar refractivity (Wildman–Crippen MR) is 90.6 cm³/mol. The van der Waals surface area contributed by atoms with Gasteiger partial charge in [0.2, 0.25) is 11.7 Å². The van der Waals surface area contributed by atoms with Gasteiger partial charge in [0, 0.05) is 22.3 Å². The first-order valence-electron chi connectivity index (χ1n) is 7.20. The minimum Gasteiger partial charge on any atom is -0.339 e. The van der Waals surface area contributed by atoms with E-state index >= 15 is 0 Å². The van der Waals surface area contributed by atoms with Gasteiger partial charge >= 0.3 is 0 Å². The zero-order chi connectivity index (χ0) is 15.5. The van der Waals surface area contributed by atoms with E-state index in [2.05, 4.69) is 59.1 Å². The Hall–Kier alpha value is -0.720. The van der Waals surface area contributed by atoms with Gasteiger partial charge in [0.05, 0.1) is 4.88 Å². The van der Waals surface area contributed by atoms with Gasteiger partial charge in [-0.25, -0.2) is 0 Å². The highest BCUT2D eigenvalue weighted by Gasteiger charge is 2.26. The molecule has 1 unspecified atom stereocenters. The maximum Gasteiger partial charge on any atom is 0.228 e. The van der Waals surface area contributed by atoms with Crippen LogP contribution in [0.3, 0.4) is 0 Å². The number of nitrogens with zero attached hydrogens (tertiary/aromatic N) is 2. The number of hydrogen-bond acceptors (Lipinski definition) is 5. The van der Waals surface area contributed by atoms with Gasteiger partial charge in [0.15, 0.2) is 0 Å². The molecule has 2 rings (SSSR count). The van der Waals surface area contributed by atoms with Crippen LogP contribution in [-0.2, 0) is 6.42 Å². The van der Waals surface area contributed by atoms with E-state index in [0.717, 1.165) is 28.7 Å². The van der Waals surface area contributed by atoms with Crippen LogP contribution < -0.4 is 5.32 Å². The molecule has 0 aliphatic rings. The van der Waals surface area contributed by atoms with Crippen molar-refractivity contribution in [3.63, 3.8) is 0 Å². The molecule has 0 spiro atoms. The van der Waals surface area contributed by atoms with Crippen LogP contribution in [0.1, 0.15) is 40.0 Å². The average molecular weight is 372 g/mol. The minimum absolute atomic E-state index is 0.149. The molecule has 0 aromatic carbocycles. The second-order valence-electron chi connectivity index (χ2n) is 6.22. The number of hydrogen-bond donors (Lipinski definition) is 1. The van der Waals surface area contributed by atoms with Crippen molar-refractivity contribution < 1.29 is 4.52 Å². The van der Waals surface area contributed by atoms with Crippen molar-refractivity contribution >= 4 is 27.3 Å². The van der Waals surface area contributed by atoms with Gasteiger partial charge in [-0.05, 0) is 40.4 Å². The van der Waals surface area contributed by atoms with Crippen LogP contribution in [0.4, 0.5) is 0 Å². The molecule has 0 fully saturated rings. The zero-order valence-corrected chi connectivity index (χ0v) is 15.3. The molecule has 6 heteroatoms. The van der Waals surface area contributed by atoms with Crippen LogP contribution in [0.2, 0.25) is 0 Å². The van der Waals surface area contributed by atoms with Gasteiger partial charge in [0.25, 0.3) is 0 Å². The SMILES string of the molecule is CCCNC(Cc1nc(-c2cc(Br)cs2)no1)C(C)(C)C. The summed E-state index contributed by atoms with van der Waals surface area (Å²) in [4.78, 5) is 5.55. The maximum atomic E-state index is 5.42. The van der Waals surface area contributed by atoms with Gasteiger partial charge < -0.3 is 9.84 Å². The second kappa shape index (κ2) is 7.03. The first-order valence-corrected chi connectivity index (χ1v) is 8.87. The summed E-state index contributed by atoms with van der Waals surface area (Å²) in [7, 11) is 0. The van der Waals surface area contributed by atoms with E-state index in [1.165, 1.54) is 0 Å². The Labute approximate surface area is 138 Å². The predicted octanol–water partition coefficient (Wildman–Crippen LogP) is 4.52. The zero-order valence-electron chi connectivity index (χ0n) is 12.9. The van der Waals surface area contributed by atoms with E-state index in [1.807, 2.05) is 11.4 Å². The fraction of sp³-hybridized carbons (Fsp3) is 0.600. The number of aromatic nitrogens is 2. The van der Waals surface area contributed by atoms with Gasteiger partial charge in [0.1, 0.15) is 0 Å². The van der Waals surface area contributed by atoms with Crippen molar-refractivity contribution in [3.05, 3.63) is 21.8 Å². The Kier molecular flexibility index (Phi) is 5.57. The lowest BCUT2D eigenvalue weighted by atomic mass is 9.84. The smallest absolute Gasteiger partial charge is 0.228 e. The summed E-state index contributed by atoms with van der Waals surface area (Å²) in [5.74, 6) is 1.36. The number of rotatable bonds is 6. The summed E-state index contributed by atoms with van der Waals surface area (Å²) in [6.07, 6.45) is 1.87. The normalized spacial score (nSPS) is 13.6. The molecular formula is C15H22BrN3OS. The third kappa shape index (κ3) is 4.63. The Morgan fingerprint density at radius 2 is 2.19 bits per heavy atom. The molecule has 2 aromatic rings. The summed E-state index contributed by atoms with van der Waals surface area (Å²) < 4.78 is 6.47. The first kappa shape index (κ1) is 16.6. The molecule has 0 bridgehead atoms. The standard InChI is InChI=1S/C15H22BrN3OS/c1-5-6-17-12(15(2,3)4)8-13-18-14(19-20-13)11-7-10(16)9-21-11/h7,9,12,17H,5-6,8H2,1-4H3. The Balaban J connectivity index is 2.09. The lowest BCUT2D eigenvalue weighted by Gasteiger charge is -2.30. The first-order chi connectivity index (χ1) is 9.90. The summed E-state index contributed by atoms with van der Waals surface area (Å²) >= 11 is 5.05. The molecule has 0 aliphatic heterocycles. The largest absolute Gasteiger partial charge is 0.339 e. The third-order valence-electron chi connectivity index (χ3n) is 3.32. The molecule has 1 atom stereocenters. The Bertz CT molecular complexity index is 573. The van der Waals surface area contributed by atoms with Gasteiger partial charge in [-0.2, -0.15) is 4.98 Å². The van der Waals surface area contributed by atoms with Crippen molar-refractivity contribution in [2.45, 2.75) is 46.6 Å². The van der Waals surface area contributed by atoms with Crippen molar-refractivity contribution in [3.8, 4) is 10.7 Å². The van der Waals surface area contributed by atoms with E-state index in [1.54, 1.807) is 11.3 Å². The molecular weight excluding hydrogens is 350 g/mol. The fourth-order valence-electron chi connectivity index (χ4n) is 2.05. The number of halogens is 1. The average Bonchev–Trinajstić information content (AvgIpc) is 3.01. The molecule has 0 saturated heterocycles. The van der Waals surface area contributed by atoms with E-state index in [-0.39, 0.29) is 5.41 Å². The highest BCUT2D eigenvalue weighted by atomic mass is 79.9. The molecule has 0 amide bonds. The van der Waals surface area contributed by atoms with Gasteiger partial charge in [-0.3, -0.25) is 0 Å². The van der Waals surface area contributed by atoms with E-state index in [4.69, 9.17) is 4.52 Å². The molecule has 21 heavy (non-hydrogen) atoms. The quantitative estimate of drug-likeness (QED) is 0.810. The molecule has 2 heterocycles. The van der Waals surface area contributed by atoms with Crippen LogP contribution in [0.5, 0.6) is 0 Å². The van der Waals surface area contributed by atoms with E-state index < -0.39 is 0 Å². The van der Waals surface area contributed by atoms with Crippen LogP contribution in [0.15, 0.2) is 20.4 Å². The number of thiophene rings is 1. The lowest BCUT2D eigenvalue weighted by Crippen LogP contribution is -2.42. The highest BCUT2D eigenvalue weighted by molar-refractivity contribution is 9.10. The summed E-state index contributed by atoms with van der Waals surface area (Å²) in [6, 6.07) is 2.33. The monoisotopic (exact) mass is 371 g/mol. The van der Waals surface area contributed by atoms with Crippen LogP contribution in [0.25, 0.3) is 10.7 Å². The summed E-state index contributed by atoms with van der Waals surface area (Å²) in [5, 5.41) is 9.69. The van der Waals surface area contributed by atoms with Crippen molar-refractivity contribution in [1.29, 1.82) is 0 Å². The van der Waals surface area contributed by atoms with Crippen LogP contribution >= 0.6 is 27.3 Å². The molecule has 1 N–H and O–H groups in total. The third-order valence-corrected chi connectivity index (χ3v) is 5.01. The topological polar surface area (TPSA) is 51.0 Å². The van der Waals surface area contributed by atoms with Crippen LogP contribution in [-0.4, -0.2) is 22.7 Å². The Morgan fingerprint density at radius 3 is 2.76 bits per heavy atom. The highest BCUT2D eigenvalue weighted by Crippen LogP contribution is 2.28. The van der Waals surface area contributed by atoms with Crippen molar-refractivity contribution in [2.75, 3.05) is 6.54 Å². The van der Waals surface area contributed by atoms with Crippen LogP contribution in [0, 0.1) is 5.41 Å². The second-order valence-corrected chi connectivity index (χ2v) is 8.04. The molecule has 116 valence electrons. The summed E-state index contributed by atoms with van der Waals surface area (Å²) in [6.45, 7) is 9.86. The van der Waals surface area contributed by atoms with E-state index in [0.29, 0.717) is 17.8 Å². The van der Waals surface area contributed by atoms with E-state index in [9.17, 15) is 0 Å². The Morgan fingerprint density at radius 1 is 1.43 bits per heavy atom.